The lowest BCUT2D eigenvalue weighted by Crippen LogP contribution is -2.02. The van der Waals surface area contributed by atoms with Gasteiger partial charge in [-0.2, -0.15) is 0 Å². The molecule has 1 aromatic carbocycles. The van der Waals surface area contributed by atoms with Crippen LogP contribution >= 0.6 is 11.6 Å². The molecule has 2 rings (SSSR count). The zero-order valence-electron chi connectivity index (χ0n) is 8.34. The average Bonchev–Trinajstić information content (AvgIpc) is 2.74. The number of rotatable bonds is 3. The van der Waals surface area contributed by atoms with Crippen LogP contribution in [0.25, 0.3) is 0 Å². The lowest BCUT2D eigenvalue weighted by molar-refractivity contribution is 0.564. The van der Waals surface area contributed by atoms with Crippen molar-refractivity contribution in [1.29, 1.82) is 0 Å². The van der Waals surface area contributed by atoms with E-state index in [0.29, 0.717) is 17.9 Å². The van der Waals surface area contributed by atoms with Crippen molar-refractivity contribution in [2.45, 2.75) is 6.54 Å². The summed E-state index contributed by atoms with van der Waals surface area (Å²) in [5, 5.41) is 3.09. The monoisotopic (exact) mass is 240 g/mol. The van der Waals surface area contributed by atoms with Gasteiger partial charge in [-0.1, -0.05) is 11.6 Å². The van der Waals surface area contributed by atoms with Crippen LogP contribution in [0, 0.1) is 5.82 Å². The van der Waals surface area contributed by atoms with Crippen LogP contribution < -0.4 is 11.1 Å². The average molecular weight is 241 g/mol. The van der Waals surface area contributed by atoms with Gasteiger partial charge in [0.1, 0.15) is 5.82 Å². The first-order valence-corrected chi connectivity index (χ1v) is 5.04. The lowest BCUT2D eigenvalue weighted by Gasteiger charge is -2.09. The molecule has 0 aliphatic heterocycles. The molecule has 16 heavy (non-hydrogen) atoms. The van der Waals surface area contributed by atoms with E-state index < -0.39 is 5.82 Å². The van der Waals surface area contributed by atoms with E-state index in [1.165, 1.54) is 12.1 Å². The van der Waals surface area contributed by atoms with Gasteiger partial charge < -0.3 is 15.5 Å². The molecule has 3 N–H and O–H groups in total. The topological polar surface area (TPSA) is 51.2 Å². The highest BCUT2D eigenvalue weighted by Crippen LogP contribution is 2.26. The van der Waals surface area contributed by atoms with Crippen molar-refractivity contribution >= 4 is 23.0 Å². The van der Waals surface area contributed by atoms with Gasteiger partial charge in [-0.3, -0.25) is 0 Å². The fourth-order valence-electron chi connectivity index (χ4n) is 1.31. The molecule has 1 heterocycles. The predicted octanol–water partition coefficient (Wildman–Crippen LogP) is 3.27. The third kappa shape index (κ3) is 2.28. The lowest BCUT2D eigenvalue weighted by atomic mass is 10.2. The maximum absolute atomic E-state index is 13.0. The minimum Gasteiger partial charge on any atom is -0.472 e. The molecule has 0 unspecified atom stereocenters. The Hall–Kier alpha value is -1.68. The van der Waals surface area contributed by atoms with Crippen LogP contribution in [0.5, 0.6) is 0 Å². The molecule has 0 bridgehead atoms. The van der Waals surface area contributed by atoms with E-state index >= 15 is 0 Å². The highest BCUT2D eigenvalue weighted by Gasteiger charge is 2.06. The van der Waals surface area contributed by atoms with Crippen LogP contribution in [-0.2, 0) is 6.54 Å². The number of hydrogen-bond donors (Lipinski definition) is 2. The fraction of sp³-hybridized carbons (Fsp3) is 0.0909. The summed E-state index contributed by atoms with van der Waals surface area (Å²) in [7, 11) is 0. The number of hydrogen-bond acceptors (Lipinski definition) is 3. The van der Waals surface area contributed by atoms with Crippen molar-refractivity contribution in [3.63, 3.8) is 0 Å². The predicted molar refractivity (Wildman–Crippen MR) is 61.9 cm³/mol. The first-order chi connectivity index (χ1) is 7.66. The van der Waals surface area contributed by atoms with E-state index in [1.54, 1.807) is 12.5 Å². The molecule has 0 radical (unpaired) electrons. The number of nitrogen functional groups attached to an aromatic ring is 1. The van der Waals surface area contributed by atoms with Gasteiger partial charge in [0, 0.05) is 18.2 Å². The van der Waals surface area contributed by atoms with Gasteiger partial charge in [-0.15, -0.1) is 0 Å². The molecule has 1 aromatic heterocycles. The second-order valence-corrected chi connectivity index (χ2v) is 3.75. The maximum Gasteiger partial charge on any atom is 0.143 e. The number of anilines is 2. The Kier molecular flexibility index (Phi) is 3.01. The van der Waals surface area contributed by atoms with E-state index in [-0.39, 0.29) is 5.02 Å². The van der Waals surface area contributed by atoms with E-state index in [1.807, 2.05) is 6.07 Å². The standard InChI is InChI=1S/C11H10ClFN2O/c12-8-3-11(10(14)4-9(8)13)15-5-7-1-2-16-6-7/h1-4,6,15H,5,14H2. The molecule has 0 saturated heterocycles. The maximum atomic E-state index is 13.0. The molecular formula is C11H10ClFN2O. The molecule has 0 saturated carbocycles. The Morgan fingerprint density at radius 3 is 2.94 bits per heavy atom. The first-order valence-electron chi connectivity index (χ1n) is 4.66. The van der Waals surface area contributed by atoms with Gasteiger partial charge in [0.15, 0.2) is 0 Å². The van der Waals surface area contributed by atoms with Gasteiger partial charge >= 0.3 is 0 Å². The minimum atomic E-state index is -0.520. The van der Waals surface area contributed by atoms with Crippen molar-refractivity contribution < 1.29 is 8.81 Å². The molecule has 3 nitrogen and oxygen atoms in total. The first kappa shape index (κ1) is 10.8. The molecular weight excluding hydrogens is 231 g/mol. The van der Waals surface area contributed by atoms with Gasteiger partial charge in [0.2, 0.25) is 0 Å². The quantitative estimate of drug-likeness (QED) is 0.810. The van der Waals surface area contributed by atoms with E-state index in [9.17, 15) is 4.39 Å². The molecule has 0 aliphatic rings. The zero-order chi connectivity index (χ0) is 11.5. The number of nitrogens with one attached hydrogen (secondary N) is 1. The molecule has 0 amide bonds. The zero-order valence-corrected chi connectivity index (χ0v) is 9.09. The molecule has 0 fully saturated rings. The Bertz CT molecular complexity index is 485. The Morgan fingerprint density at radius 2 is 2.25 bits per heavy atom. The summed E-state index contributed by atoms with van der Waals surface area (Å²) in [4.78, 5) is 0. The summed E-state index contributed by atoms with van der Waals surface area (Å²) in [5.74, 6) is -0.520. The third-order valence-electron chi connectivity index (χ3n) is 2.16. The summed E-state index contributed by atoms with van der Waals surface area (Å²) < 4.78 is 17.9. The van der Waals surface area contributed by atoms with Crippen molar-refractivity contribution in [1.82, 2.24) is 0 Å². The summed E-state index contributed by atoms with van der Waals surface area (Å²) in [6, 6.07) is 4.49. The van der Waals surface area contributed by atoms with E-state index in [2.05, 4.69) is 5.32 Å². The van der Waals surface area contributed by atoms with Gasteiger partial charge in [-0.25, -0.2) is 4.39 Å². The molecule has 84 valence electrons. The Balaban J connectivity index is 2.12. The summed E-state index contributed by atoms with van der Waals surface area (Å²) in [5.41, 5.74) is 7.55. The highest BCUT2D eigenvalue weighted by atomic mass is 35.5. The van der Waals surface area contributed by atoms with Gasteiger partial charge in [0.05, 0.1) is 28.9 Å². The summed E-state index contributed by atoms with van der Waals surface area (Å²) >= 11 is 5.66. The van der Waals surface area contributed by atoms with Gasteiger partial charge in [-0.05, 0) is 12.1 Å². The summed E-state index contributed by atoms with van der Waals surface area (Å²) in [6.45, 7) is 0.544. The van der Waals surface area contributed by atoms with Crippen LogP contribution in [0.3, 0.4) is 0 Å². The van der Waals surface area contributed by atoms with Crippen molar-refractivity contribution in [2.75, 3.05) is 11.1 Å². The van der Waals surface area contributed by atoms with Crippen LogP contribution in [0.1, 0.15) is 5.56 Å². The van der Waals surface area contributed by atoms with Crippen LogP contribution in [-0.4, -0.2) is 0 Å². The SMILES string of the molecule is Nc1cc(F)c(Cl)cc1NCc1ccoc1. The van der Waals surface area contributed by atoms with Crippen LogP contribution in [0.2, 0.25) is 5.02 Å². The van der Waals surface area contributed by atoms with Crippen molar-refractivity contribution in [3.8, 4) is 0 Å². The molecule has 0 spiro atoms. The minimum absolute atomic E-state index is 0.0453. The number of halogens is 2. The number of furan rings is 1. The smallest absolute Gasteiger partial charge is 0.143 e. The Labute approximate surface area is 97.0 Å². The fourth-order valence-corrected chi connectivity index (χ4v) is 1.47. The van der Waals surface area contributed by atoms with E-state index in [4.69, 9.17) is 21.8 Å². The molecule has 5 heteroatoms. The van der Waals surface area contributed by atoms with Crippen molar-refractivity contribution in [2.24, 2.45) is 0 Å². The van der Waals surface area contributed by atoms with Gasteiger partial charge in [0.25, 0.3) is 0 Å². The normalized spacial score (nSPS) is 10.4. The van der Waals surface area contributed by atoms with Crippen molar-refractivity contribution in [3.05, 3.63) is 47.1 Å². The highest BCUT2D eigenvalue weighted by molar-refractivity contribution is 6.31. The molecule has 0 aliphatic carbocycles. The molecule has 2 aromatic rings. The second-order valence-electron chi connectivity index (χ2n) is 3.34. The largest absolute Gasteiger partial charge is 0.472 e. The van der Waals surface area contributed by atoms with E-state index in [0.717, 1.165) is 5.56 Å². The van der Waals surface area contributed by atoms with Crippen LogP contribution in [0.15, 0.2) is 35.1 Å². The molecule has 0 atom stereocenters. The summed E-state index contributed by atoms with van der Waals surface area (Å²) in [6.07, 6.45) is 3.20. The van der Waals surface area contributed by atoms with Crippen LogP contribution in [0.4, 0.5) is 15.8 Å². The third-order valence-corrected chi connectivity index (χ3v) is 2.45. The number of benzene rings is 1. The second kappa shape index (κ2) is 4.45. The Morgan fingerprint density at radius 1 is 1.44 bits per heavy atom. The number of nitrogens with two attached hydrogens (primary N) is 1.